The first kappa shape index (κ1) is 18.3. The highest BCUT2D eigenvalue weighted by molar-refractivity contribution is 6.07. The number of nitrogens with one attached hydrogen (secondary N) is 1. The largest absolute Gasteiger partial charge is 0.449 e. The summed E-state index contributed by atoms with van der Waals surface area (Å²) >= 11 is 0. The van der Waals surface area contributed by atoms with Crippen molar-refractivity contribution >= 4 is 34.1 Å². The monoisotopic (exact) mass is 361 g/mol. The van der Waals surface area contributed by atoms with E-state index in [4.69, 9.17) is 4.74 Å². The van der Waals surface area contributed by atoms with E-state index in [1.54, 1.807) is 36.4 Å². The number of hydrogen-bond acceptors (Lipinski definition) is 4. The van der Waals surface area contributed by atoms with Crippen molar-refractivity contribution in [2.24, 2.45) is 0 Å². The van der Waals surface area contributed by atoms with E-state index in [9.17, 15) is 14.4 Å². The maximum Gasteiger partial charge on any atom is 0.339 e. The molecule has 5 nitrogen and oxygen atoms in total. The number of anilines is 1. The van der Waals surface area contributed by atoms with E-state index in [-0.39, 0.29) is 5.78 Å². The third kappa shape index (κ3) is 4.03. The number of Topliss-reactive ketones (excluding diaryl/α,β-unsaturated/α-hetero) is 1. The first-order valence-corrected chi connectivity index (χ1v) is 8.57. The molecule has 3 rings (SSSR count). The Labute approximate surface area is 157 Å². The second-order valence-corrected chi connectivity index (χ2v) is 6.17. The molecule has 0 saturated carbocycles. The van der Waals surface area contributed by atoms with Crippen molar-refractivity contribution in [3.8, 4) is 0 Å². The lowest BCUT2D eigenvalue weighted by molar-refractivity contribution is -0.123. The van der Waals surface area contributed by atoms with Gasteiger partial charge in [-0.15, -0.1) is 0 Å². The summed E-state index contributed by atoms with van der Waals surface area (Å²) in [4.78, 5) is 36.6. The van der Waals surface area contributed by atoms with Gasteiger partial charge in [-0.05, 0) is 42.8 Å². The number of esters is 1. The van der Waals surface area contributed by atoms with Gasteiger partial charge >= 0.3 is 5.97 Å². The van der Waals surface area contributed by atoms with E-state index in [0.717, 1.165) is 10.8 Å². The zero-order chi connectivity index (χ0) is 19.4. The summed E-state index contributed by atoms with van der Waals surface area (Å²) in [6, 6.07) is 19.5. The SMILES string of the molecule is CC(=O)c1ccccc1NC(=O)C(C)OC(=O)c1cccc2ccccc12. The molecular formula is C22H19NO4. The molecule has 0 aromatic heterocycles. The molecule has 0 heterocycles. The van der Waals surface area contributed by atoms with Crippen LogP contribution in [0.25, 0.3) is 10.8 Å². The van der Waals surface area contributed by atoms with Crippen LogP contribution >= 0.6 is 0 Å². The first-order chi connectivity index (χ1) is 13.0. The molecule has 1 amide bonds. The second-order valence-electron chi connectivity index (χ2n) is 6.17. The van der Waals surface area contributed by atoms with Crippen molar-refractivity contribution in [2.75, 3.05) is 5.32 Å². The maximum absolute atomic E-state index is 12.5. The minimum atomic E-state index is -1.02. The molecule has 0 aliphatic carbocycles. The topological polar surface area (TPSA) is 72.5 Å². The van der Waals surface area contributed by atoms with E-state index < -0.39 is 18.0 Å². The van der Waals surface area contributed by atoms with Crippen LogP contribution in [0.15, 0.2) is 66.7 Å². The molecule has 136 valence electrons. The fourth-order valence-electron chi connectivity index (χ4n) is 2.81. The number of fused-ring (bicyclic) bond motifs is 1. The number of hydrogen-bond donors (Lipinski definition) is 1. The standard InChI is InChI=1S/C22H19NO4/c1-14(24)17-10-5-6-13-20(17)23-21(25)15(2)27-22(26)19-12-7-9-16-8-3-4-11-18(16)19/h3-13,15H,1-2H3,(H,23,25). The van der Waals surface area contributed by atoms with Crippen LogP contribution in [0, 0.1) is 0 Å². The highest BCUT2D eigenvalue weighted by atomic mass is 16.5. The lowest BCUT2D eigenvalue weighted by atomic mass is 10.0. The predicted octanol–water partition coefficient (Wildman–Crippen LogP) is 4.23. The summed E-state index contributed by atoms with van der Waals surface area (Å²) in [6.45, 7) is 2.92. The van der Waals surface area contributed by atoms with Crippen molar-refractivity contribution in [1.29, 1.82) is 0 Å². The molecule has 1 atom stereocenters. The molecule has 0 radical (unpaired) electrons. The number of benzene rings is 3. The van der Waals surface area contributed by atoms with Crippen molar-refractivity contribution in [3.63, 3.8) is 0 Å². The molecule has 0 saturated heterocycles. The Morgan fingerprint density at radius 3 is 2.26 bits per heavy atom. The summed E-state index contributed by atoms with van der Waals surface area (Å²) < 4.78 is 5.34. The lowest BCUT2D eigenvalue weighted by Crippen LogP contribution is -2.30. The van der Waals surface area contributed by atoms with E-state index >= 15 is 0 Å². The third-order valence-corrected chi connectivity index (χ3v) is 4.23. The van der Waals surface area contributed by atoms with Crippen LogP contribution in [-0.2, 0) is 9.53 Å². The molecule has 1 N–H and O–H groups in total. The van der Waals surface area contributed by atoms with E-state index in [2.05, 4.69) is 5.32 Å². The second kappa shape index (κ2) is 7.83. The van der Waals surface area contributed by atoms with Crippen molar-refractivity contribution in [3.05, 3.63) is 77.9 Å². The molecular weight excluding hydrogens is 342 g/mol. The van der Waals surface area contributed by atoms with Crippen LogP contribution < -0.4 is 5.32 Å². The van der Waals surface area contributed by atoms with Gasteiger partial charge in [0.05, 0.1) is 11.3 Å². The number of ether oxygens (including phenoxy) is 1. The van der Waals surface area contributed by atoms with Crippen LogP contribution in [0.5, 0.6) is 0 Å². The van der Waals surface area contributed by atoms with E-state index in [1.165, 1.54) is 13.8 Å². The van der Waals surface area contributed by atoms with Gasteiger partial charge in [-0.25, -0.2) is 4.79 Å². The highest BCUT2D eigenvalue weighted by Gasteiger charge is 2.21. The molecule has 5 heteroatoms. The normalized spacial score (nSPS) is 11.6. The van der Waals surface area contributed by atoms with Gasteiger partial charge in [0.15, 0.2) is 11.9 Å². The van der Waals surface area contributed by atoms with Gasteiger partial charge in [-0.3, -0.25) is 9.59 Å². The Hall–Kier alpha value is -3.47. The molecule has 0 aliphatic heterocycles. The van der Waals surface area contributed by atoms with Gasteiger partial charge in [-0.2, -0.15) is 0 Å². The third-order valence-electron chi connectivity index (χ3n) is 4.23. The van der Waals surface area contributed by atoms with Crippen LogP contribution in [0.2, 0.25) is 0 Å². The molecule has 3 aromatic rings. The molecule has 0 bridgehead atoms. The average molecular weight is 361 g/mol. The number of carbonyl (C=O) groups excluding carboxylic acids is 3. The zero-order valence-corrected chi connectivity index (χ0v) is 15.1. The molecule has 1 unspecified atom stereocenters. The van der Waals surface area contributed by atoms with Gasteiger partial charge in [0.1, 0.15) is 0 Å². The number of carbonyl (C=O) groups is 3. The Bertz CT molecular complexity index is 1020. The van der Waals surface area contributed by atoms with Gasteiger partial charge in [0.25, 0.3) is 5.91 Å². The zero-order valence-electron chi connectivity index (χ0n) is 15.1. The fourth-order valence-corrected chi connectivity index (χ4v) is 2.81. The molecule has 0 spiro atoms. The van der Waals surface area contributed by atoms with Crippen molar-refractivity contribution in [1.82, 2.24) is 0 Å². The Morgan fingerprint density at radius 2 is 1.48 bits per heavy atom. The van der Waals surface area contributed by atoms with Crippen molar-refractivity contribution < 1.29 is 19.1 Å². The van der Waals surface area contributed by atoms with E-state index in [1.807, 2.05) is 30.3 Å². The van der Waals surface area contributed by atoms with Crippen LogP contribution in [0.4, 0.5) is 5.69 Å². The number of rotatable bonds is 5. The fraction of sp³-hybridized carbons (Fsp3) is 0.136. The van der Waals surface area contributed by atoms with Crippen LogP contribution in [0.1, 0.15) is 34.6 Å². The smallest absolute Gasteiger partial charge is 0.339 e. The van der Waals surface area contributed by atoms with Gasteiger partial charge < -0.3 is 10.1 Å². The van der Waals surface area contributed by atoms with Crippen LogP contribution in [0.3, 0.4) is 0 Å². The minimum absolute atomic E-state index is 0.161. The van der Waals surface area contributed by atoms with E-state index in [0.29, 0.717) is 16.8 Å². The maximum atomic E-state index is 12.5. The minimum Gasteiger partial charge on any atom is -0.449 e. The number of amides is 1. The summed E-state index contributed by atoms with van der Waals surface area (Å²) in [5.74, 6) is -1.24. The predicted molar refractivity (Wildman–Crippen MR) is 104 cm³/mol. The molecule has 0 aliphatic rings. The Balaban J connectivity index is 1.75. The summed E-state index contributed by atoms with van der Waals surface area (Å²) in [5.41, 5.74) is 1.19. The Kier molecular flexibility index (Phi) is 5.31. The quantitative estimate of drug-likeness (QED) is 0.545. The average Bonchev–Trinajstić information content (AvgIpc) is 2.67. The molecule has 3 aromatic carbocycles. The van der Waals surface area contributed by atoms with Crippen LogP contribution in [-0.4, -0.2) is 23.8 Å². The van der Waals surface area contributed by atoms with Gasteiger partial charge in [0.2, 0.25) is 0 Å². The number of ketones is 1. The highest BCUT2D eigenvalue weighted by Crippen LogP contribution is 2.20. The number of para-hydroxylation sites is 1. The Morgan fingerprint density at radius 1 is 0.852 bits per heavy atom. The van der Waals surface area contributed by atoms with Crippen molar-refractivity contribution in [2.45, 2.75) is 20.0 Å². The lowest BCUT2D eigenvalue weighted by Gasteiger charge is -2.15. The van der Waals surface area contributed by atoms with Gasteiger partial charge in [0, 0.05) is 5.56 Å². The summed E-state index contributed by atoms with van der Waals surface area (Å²) in [7, 11) is 0. The molecule has 27 heavy (non-hydrogen) atoms. The summed E-state index contributed by atoms with van der Waals surface area (Å²) in [5, 5.41) is 4.33. The first-order valence-electron chi connectivity index (χ1n) is 8.57. The molecule has 0 fully saturated rings. The summed E-state index contributed by atoms with van der Waals surface area (Å²) in [6.07, 6.45) is -1.02. The van der Waals surface area contributed by atoms with Gasteiger partial charge in [-0.1, -0.05) is 48.5 Å².